The number of alkyl halides is 3. The van der Waals surface area contributed by atoms with E-state index in [4.69, 9.17) is 0 Å². The van der Waals surface area contributed by atoms with Gasteiger partial charge in [-0.2, -0.15) is 17.5 Å². The van der Waals surface area contributed by atoms with Crippen LogP contribution in [0.5, 0.6) is 0 Å². The predicted molar refractivity (Wildman–Crippen MR) is 79.4 cm³/mol. The number of hydrogen-bond donors (Lipinski definition) is 1. The minimum Gasteiger partial charge on any atom is -0.304 e. The van der Waals surface area contributed by atoms with Crippen molar-refractivity contribution in [3.8, 4) is 0 Å². The van der Waals surface area contributed by atoms with Crippen molar-refractivity contribution in [1.29, 1.82) is 0 Å². The maximum Gasteiger partial charge on any atom is 0.512 e. The van der Waals surface area contributed by atoms with Crippen molar-refractivity contribution in [2.75, 3.05) is 44.7 Å². The van der Waals surface area contributed by atoms with Gasteiger partial charge in [0.15, 0.2) is 0 Å². The zero-order valence-corrected chi connectivity index (χ0v) is 15.1. The summed E-state index contributed by atoms with van der Waals surface area (Å²) in [5, 5.41) is 0. The number of likely N-dealkylation sites (N-methyl/N-ethyl adjacent to an activating group) is 1. The van der Waals surface area contributed by atoms with Crippen LogP contribution < -0.4 is 4.13 Å². The Morgan fingerprint density at radius 1 is 0.917 bits per heavy atom. The van der Waals surface area contributed by atoms with Gasteiger partial charge in [-0.15, -0.1) is 4.13 Å². The summed E-state index contributed by atoms with van der Waals surface area (Å²) in [6, 6.07) is 0. The molecule has 0 amide bonds. The molecule has 1 heterocycles. The van der Waals surface area contributed by atoms with Crippen molar-refractivity contribution in [3.63, 3.8) is 0 Å². The Labute approximate surface area is 139 Å². The molecule has 1 saturated heterocycles. The summed E-state index contributed by atoms with van der Waals surface area (Å²) in [4.78, 5) is 1.91. The fourth-order valence-corrected chi connectivity index (χ4v) is 6.13. The van der Waals surface area contributed by atoms with Crippen molar-refractivity contribution in [2.24, 2.45) is 0 Å². The number of nitrogens with zero attached hydrogens (tertiary/aromatic N) is 2. The molecular weight excluding hydrogens is 399 g/mol. The molecule has 0 spiro atoms. The fourth-order valence-electron chi connectivity index (χ4n) is 1.88. The highest BCUT2D eigenvalue weighted by Gasteiger charge is 2.48. The fraction of sp³-hybridized carbons (Fsp3) is 1.00. The molecule has 0 saturated carbocycles. The molecule has 0 radical (unpaired) electrons. The van der Waals surface area contributed by atoms with Crippen LogP contribution in [-0.2, 0) is 30.1 Å². The number of rotatable bonds is 7. The van der Waals surface area contributed by atoms with E-state index in [1.54, 1.807) is 0 Å². The zero-order chi connectivity index (χ0) is 18.8. The Morgan fingerprint density at radius 3 is 1.88 bits per heavy atom. The van der Waals surface area contributed by atoms with E-state index in [1.807, 2.05) is 11.9 Å². The average Bonchev–Trinajstić information content (AvgIpc) is 2.35. The molecule has 0 bridgehead atoms. The molecule has 0 aromatic carbocycles. The molecule has 144 valence electrons. The second-order valence-electron chi connectivity index (χ2n) is 5.22. The molecule has 0 aromatic rings. The van der Waals surface area contributed by atoms with Gasteiger partial charge in [-0.1, -0.05) is 0 Å². The average molecular weight is 417 g/mol. The summed E-state index contributed by atoms with van der Waals surface area (Å²) in [5.41, 5.74) is -5.77. The molecule has 1 fully saturated rings. The molecule has 0 atom stereocenters. The largest absolute Gasteiger partial charge is 0.512 e. The van der Waals surface area contributed by atoms with Gasteiger partial charge in [0, 0.05) is 26.2 Å². The summed E-state index contributed by atoms with van der Waals surface area (Å²) in [6.45, 7) is 1.46. The van der Waals surface area contributed by atoms with Crippen LogP contribution in [0, 0.1) is 0 Å². The van der Waals surface area contributed by atoms with E-state index in [2.05, 4.69) is 0 Å². The van der Waals surface area contributed by atoms with Crippen LogP contribution in [0.15, 0.2) is 0 Å². The monoisotopic (exact) mass is 417 g/mol. The van der Waals surface area contributed by atoms with Crippen molar-refractivity contribution in [2.45, 2.75) is 11.9 Å². The van der Waals surface area contributed by atoms with Crippen LogP contribution in [0.1, 0.15) is 6.42 Å². The van der Waals surface area contributed by atoms with Crippen LogP contribution in [0.3, 0.4) is 0 Å². The lowest BCUT2D eigenvalue weighted by molar-refractivity contribution is -0.0441. The molecule has 1 N–H and O–H groups in total. The second kappa shape index (κ2) is 7.41. The molecule has 15 heteroatoms. The molecule has 24 heavy (non-hydrogen) atoms. The van der Waals surface area contributed by atoms with E-state index in [9.17, 15) is 38.4 Å². The van der Waals surface area contributed by atoms with Crippen molar-refractivity contribution in [1.82, 2.24) is 13.3 Å². The van der Waals surface area contributed by atoms with Crippen LogP contribution in [0.2, 0.25) is 0 Å². The van der Waals surface area contributed by atoms with E-state index >= 15 is 0 Å². The van der Waals surface area contributed by atoms with Crippen LogP contribution in [0.4, 0.5) is 13.2 Å². The van der Waals surface area contributed by atoms with Gasteiger partial charge in [0.2, 0.25) is 20.0 Å². The van der Waals surface area contributed by atoms with Gasteiger partial charge in [-0.25, -0.2) is 25.3 Å². The second-order valence-corrected chi connectivity index (χ2v) is 11.1. The van der Waals surface area contributed by atoms with Gasteiger partial charge >= 0.3 is 15.5 Å². The van der Waals surface area contributed by atoms with Gasteiger partial charge in [0.25, 0.3) is 0 Å². The summed E-state index contributed by atoms with van der Waals surface area (Å²) >= 11 is 0. The van der Waals surface area contributed by atoms with Crippen molar-refractivity contribution >= 4 is 30.1 Å². The maximum atomic E-state index is 12.1. The highest BCUT2D eigenvalue weighted by Crippen LogP contribution is 2.22. The SMILES string of the molecule is CN1CCN(S(=O)(=O)CCCS(=O)(=O)NS(=O)(=O)C(F)(F)F)CC1. The minimum atomic E-state index is -6.05. The van der Waals surface area contributed by atoms with Gasteiger partial charge in [-0.3, -0.25) is 0 Å². The van der Waals surface area contributed by atoms with Gasteiger partial charge in [-0.05, 0) is 13.5 Å². The Kier molecular flexibility index (Phi) is 6.66. The molecule has 9 nitrogen and oxygen atoms in total. The summed E-state index contributed by atoms with van der Waals surface area (Å²) in [7, 11) is -12.8. The van der Waals surface area contributed by atoms with Gasteiger partial charge < -0.3 is 4.90 Å². The molecule has 1 aliphatic rings. The molecule has 0 unspecified atom stereocenters. The van der Waals surface area contributed by atoms with Crippen LogP contribution in [-0.4, -0.2) is 84.7 Å². The molecule has 1 aliphatic heterocycles. The topological polar surface area (TPSA) is 121 Å². The summed E-state index contributed by atoms with van der Waals surface area (Å²) in [5.74, 6) is -1.67. The molecule has 0 aromatic heterocycles. The maximum absolute atomic E-state index is 12.1. The Hall–Kier alpha value is -0.480. The lowest BCUT2D eigenvalue weighted by Crippen LogP contribution is -2.48. The smallest absolute Gasteiger partial charge is 0.304 e. The number of piperazine rings is 1. The standard InChI is InChI=1S/C9H18F3N3O6S3/c1-14-3-5-15(6-4-14)23(18,19)8-2-7-22(16,17)13-24(20,21)9(10,11)12/h13H,2-8H2,1H3. The van der Waals surface area contributed by atoms with Crippen molar-refractivity contribution in [3.05, 3.63) is 0 Å². The first-order valence-electron chi connectivity index (χ1n) is 6.65. The van der Waals surface area contributed by atoms with E-state index < -0.39 is 53.5 Å². The normalized spacial score (nSPS) is 19.5. The first-order valence-corrected chi connectivity index (χ1v) is 11.4. The number of hydrogen-bond acceptors (Lipinski definition) is 7. The van der Waals surface area contributed by atoms with Crippen LogP contribution >= 0.6 is 0 Å². The number of nitrogens with one attached hydrogen (secondary N) is 1. The highest BCUT2D eigenvalue weighted by atomic mass is 32.3. The van der Waals surface area contributed by atoms with E-state index in [-0.39, 0.29) is 13.1 Å². The quantitative estimate of drug-likeness (QED) is 0.548. The third-order valence-corrected chi connectivity index (χ3v) is 8.50. The summed E-state index contributed by atoms with van der Waals surface area (Å²) < 4.78 is 106. The zero-order valence-electron chi connectivity index (χ0n) is 12.7. The van der Waals surface area contributed by atoms with Gasteiger partial charge in [0.1, 0.15) is 0 Å². The number of halogens is 3. The molecular formula is C9H18F3N3O6S3. The first kappa shape index (κ1) is 21.6. The van der Waals surface area contributed by atoms with E-state index in [1.165, 1.54) is 4.31 Å². The van der Waals surface area contributed by atoms with E-state index in [0.29, 0.717) is 17.2 Å². The lowest BCUT2D eigenvalue weighted by atomic mass is 10.4. The van der Waals surface area contributed by atoms with Gasteiger partial charge in [0.05, 0.1) is 11.5 Å². The third kappa shape index (κ3) is 6.11. The lowest BCUT2D eigenvalue weighted by Gasteiger charge is -2.31. The first-order chi connectivity index (χ1) is 10.7. The highest BCUT2D eigenvalue weighted by molar-refractivity contribution is 8.05. The Morgan fingerprint density at radius 2 is 1.42 bits per heavy atom. The molecule has 0 aliphatic carbocycles. The van der Waals surface area contributed by atoms with Crippen molar-refractivity contribution < 1.29 is 38.4 Å². The minimum absolute atomic E-state index is 0.228. The van der Waals surface area contributed by atoms with Crippen LogP contribution in [0.25, 0.3) is 0 Å². The molecule has 1 rings (SSSR count). The number of sulfonamides is 3. The summed E-state index contributed by atoms with van der Waals surface area (Å²) in [6.07, 6.45) is -0.530. The van der Waals surface area contributed by atoms with E-state index in [0.717, 1.165) is 0 Å². The third-order valence-electron chi connectivity index (χ3n) is 3.21. The Bertz CT molecular complexity index is 739. The Balaban J connectivity index is 2.60. The predicted octanol–water partition coefficient (Wildman–Crippen LogP) is -1.28.